The fourth-order valence-electron chi connectivity index (χ4n) is 3.13. The van der Waals surface area contributed by atoms with Gasteiger partial charge < -0.3 is 4.42 Å². The Morgan fingerprint density at radius 1 is 1.07 bits per heavy atom. The number of rotatable bonds is 3. The van der Waals surface area contributed by atoms with E-state index in [4.69, 9.17) is 16.6 Å². The Morgan fingerprint density at radius 2 is 1.79 bits per heavy atom. The van der Waals surface area contributed by atoms with Crippen molar-refractivity contribution < 1.29 is 9.21 Å². The first kappa shape index (κ1) is 18.5. The van der Waals surface area contributed by atoms with Gasteiger partial charge in [0.05, 0.1) is 16.3 Å². The van der Waals surface area contributed by atoms with Gasteiger partial charge in [0.1, 0.15) is 17.2 Å². The fourth-order valence-corrected chi connectivity index (χ4v) is 4.38. The molecule has 1 amide bonds. The van der Waals surface area contributed by atoms with Gasteiger partial charge in [0.25, 0.3) is 11.5 Å². The Hall–Kier alpha value is -2.84. The molecule has 0 spiro atoms. The van der Waals surface area contributed by atoms with Gasteiger partial charge >= 0.3 is 0 Å². The van der Waals surface area contributed by atoms with Crippen LogP contribution in [0.25, 0.3) is 11.8 Å². The molecule has 2 aromatic heterocycles. The second kappa shape index (κ2) is 6.96. The average molecular weight is 412 g/mol. The van der Waals surface area contributed by atoms with Crippen LogP contribution in [0, 0.1) is 13.8 Å². The quantitative estimate of drug-likeness (QED) is 0.485. The summed E-state index contributed by atoms with van der Waals surface area (Å²) < 4.78 is 9.11. The fraction of sp³-hybridized carbons (Fsp3) is 0.150. The Labute approximate surface area is 171 Å². The molecule has 28 heavy (non-hydrogen) atoms. The zero-order chi connectivity index (χ0) is 20.0. The van der Waals surface area contributed by atoms with Crippen molar-refractivity contribution in [3.8, 4) is 5.69 Å². The third-order valence-electron chi connectivity index (χ3n) is 4.58. The number of hydrogen-bond donors (Lipinski definition) is 0. The summed E-state index contributed by atoms with van der Waals surface area (Å²) in [7, 11) is 1.78. The Kier molecular flexibility index (Phi) is 4.60. The number of para-hydroxylation sites is 1. The van der Waals surface area contributed by atoms with Gasteiger partial charge in [0, 0.05) is 13.1 Å². The van der Waals surface area contributed by atoms with Gasteiger partial charge in [-0.1, -0.05) is 42.2 Å². The highest BCUT2D eigenvalue weighted by Crippen LogP contribution is 2.36. The van der Waals surface area contributed by atoms with Gasteiger partial charge in [-0.05, 0) is 38.1 Å². The third-order valence-corrected chi connectivity index (χ3v) is 5.88. The van der Waals surface area contributed by atoms with Crippen LogP contribution >= 0.6 is 24.0 Å². The number of hydrogen-bond acceptors (Lipinski definition) is 5. The van der Waals surface area contributed by atoms with E-state index < -0.39 is 0 Å². The van der Waals surface area contributed by atoms with E-state index in [1.807, 2.05) is 43.3 Å². The topological polar surface area (TPSA) is 60.4 Å². The molecule has 142 valence electrons. The number of thiocarbonyl (C=S) groups is 1. The molecule has 0 N–H and O–H groups in total. The second-order valence-electron chi connectivity index (χ2n) is 6.38. The van der Waals surface area contributed by atoms with Gasteiger partial charge in [-0.3, -0.25) is 19.2 Å². The van der Waals surface area contributed by atoms with Crippen molar-refractivity contribution in [3.63, 3.8) is 0 Å². The summed E-state index contributed by atoms with van der Waals surface area (Å²) in [6, 6.07) is 12.9. The molecule has 6 nitrogen and oxygen atoms in total. The van der Waals surface area contributed by atoms with Crippen LogP contribution in [0.15, 0.2) is 56.6 Å². The van der Waals surface area contributed by atoms with Crippen molar-refractivity contribution in [1.29, 1.82) is 0 Å². The first-order valence-electron chi connectivity index (χ1n) is 8.57. The number of carbonyl (C=O) groups excluding carboxylic acids is 1. The molecule has 8 heteroatoms. The molecule has 0 radical (unpaired) electrons. The summed E-state index contributed by atoms with van der Waals surface area (Å²) in [5, 5.41) is 0. The van der Waals surface area contributed by atoms with Crippen LogP contribution in [-0.4, -0.2) is 19.6 Å². The number of furan rings is 1. The summed E-state index contributed by atoms with van der Waals surface area (Å²) in [4.78, 5) is 28.0. The van der Waals surface area contributed by atoms with E-state index in [0.717, 1.165) is 23.2 Å². The van der Waals surface area contributed by atoms with E-state index in [-0.39, 0.29) is 17.2 Å². The Balaban J connectivity index is 1.80. The van der Waals surface area contributed by atoms with Crippen LogP contribution in [-0.2, 0) is 11.8 Å². The van der Waals surface area contributed by atoms with E-state index in [9.17, 15) is 9.59 Å². The minimum atomic E-state index is -0.324. The van der Waals surface area contributed by atoms with Crippen LogP contribution in [0.3, 0.4) is 0 Å². The molecule has 0 unspecified atom stereocenters. The van der Waals surface area contributed by atoms with E-state index in [0.29, 0.717) is 20.7 Å². The van der Waals surface area contributed by atoms with Crippen LogP contribution < -0.4 is 10.5 Å². The summed E-state index contributed by atoms with van der Waals surface area (Å²) in [5.41, 5.74) is 1.35. The lowest BCUT2D eigenvalue weighted by atomic mass is 10.3. The molecule has 3 aromatic rings. The molecule has 0 atom stereocenters. The lowest BCUT2D eigenvalue weighted by Crippen LogP contribution is -2.33. The van der Waals surface area contributed by atoms with Gasteiger partial charge in [-0.2, -0.15) is 0 Å². The molecule has 1 fully saturated rings. The highest BCUT2D eigenvalue weighted by atomic mass is 32.2. The number of thioether (sulfide) groups is 1. The van der Waals surface area contributed by atoms with Crippen LogP contribution in [0.2, 0.25) is 0 Å². The van der Waals surface area contributed by atoms with Crippen LogP contribution in [0.4, 0.5) is 5.69 Å². The molecule has 1 aromatic carbocycles. The molecule has 1 aliphatic heterocycles. The number of aromatic nitrogens is 2. The minimum absolute atomic E-state index is 0.271. The van der Waals surface area contributed by atoms with Gasteiger partial charge in [-0.15, -0.1) is 0 Å². The Bertz CT molecular complexity index is 1190. The predicted molar refractivity (Wildman–Crippen MR) is 115 cm³/mol. The lowest BCUT2D eigenvalue weighted by molar-refractivity contribution is -0.113. The molecule has 0 saturated carbocycles. The summed E-state index contributed by atoms with van der Waals surface area (Å²) in [5.74, 6) is 1.01. The monoisotopic (exact) mass is 411 g/mol. The first-order chi connectivity index (χ1) is 13.4. The number of amides is 1. The molecule has 3 heterocycles. The standard InChI is InChI=1S/C20H17N3O3S2/c1-12-9-10-15(26-12)11-16-18(24)22(20(27)28-16)17-13(2)21(3)23(19(17)25)14-7-5-4-6-8-14/h4-11H,1-3H3. The SMILES string of the molecule is Cc1ccc(C=C2SC(=S)N(c3c(C)n(C)n(-c4ccccc4)c3=O)C2=O)o1. The highest BCUT2D eigenvalue weighted by Gasteiger charge is 2.37. The van der Waals surface area contributed by atoms with E-state index >= 15 is 0 Å². The Morgan fingerprint density at radius 3 is 2.43 bits per heavy atom. The number of carbonyl (C=O) groups is 1. The normalized spacial score (nSPS) is 15.8. The molecular formula is C20H17N3O3S2. The summed E-state index contributed by atoms with van der Waals surface area (Å²) in [6.07, 6.45) is 1.65. The molecular weight excluding hydrogens is 394 g/mol. The largest absolute Gasteiger partial charge is 0.462 e. The number of nitrogens with zero attached hydrogens (tertiary/aromatic N) is 3. The smallest absolute Gasteiger partial charge is 0.296 e. The maximum Gasteiger partial charge on any atom is 0.296 e. The van der Waals surface area contributed by atoms with Crippen molar-refractivity contribution in [2.45, 2.75) is 13.8 Å². The third kappa shape index (κ3) is 2.94. The number of benzene rings is 1. The highest BCUT2D eigenvalue weighted by molar-refractivity contribution is 8.27. The van der Waals surface area contributed by atoms with Gasteiger partial charge in [0.15, 0.2) is 4.32 Å². The van der Waals surface area contributed by atoms with Crippen LogP contribution in [0.1, 0.15) is 17.2 Å². The zero-order valence-electron chi connectivity index (χ0n) is 15.5. The second-order valence-corrected chi connectivity index (χ2v) is 8.05. The van der Waals surface area contributed by atoms with Gasteiger partial charge in [0.2, 0.25) is 0 Å². The summed E-state index contributed by atoms with van der Waals surface area (Å²) >= 11 is 6.59. The summed E-state index contributed by atoms with van der Waals surface area (Å²) in [6.45, 7) is 3.64. The van der Waals surface area contributed by atoms with Gasteiger partial charge in [-0.25, -0.2) is 4.68 Å². The lowest BCUT2D eigenvalue weighted by Gasteiger charge is -2.12. The van der Waals surface area contributed by atoms with Crippen LogP contribution in [0.5, 0.6) is 0 Å². The maximum atomic E-state index is 13.2. The number of aryl methyl sites for hydroxylation is 1. The maximum absolute atomic E-state index is 13.2. The zero-order valence-corrected chi connectivity index (χ0v) is 17.1. The van der Waals surface area contributed by atoms with Crippen molar-refractivity contribution in [2.24, 2.45) is 7.05 Å². The predicted octanol–water partition coefficient (Wildman–Crippen LogP) is 3.79. The molecule has 0 aliphatic carbocycles. The molecule has 0 bridgehead atoms. The van der Waals surface area contributed by atoms with Crippen molar-refractivity contribution in [1.82, 2.24) is 9.36 Å². The van der Waals surface area contributed by atoms with E-state index in [1.54, 1.807) is 30.8 Å². The van der Waals surface area contributed by atoms with Crippen molar-refractivity contribution in [2.75, 3.05) is 4.90 Å². The van der Waals surface area contributed by atoms with Crippen molar-refractivity contribution >= 4 is 46.0 Å². The first-order valence-corrected chi connectivity index (χ1v) is 9.79. The minimum Gasteiger partial charge on any atom is -0.462 e. The van der Waals surface area contributed by atoms with E-state index in [2.05, 4.69) is 0 Å². The number of anilines is 1. The molecule has 4 rings (SSSR count). The molecule has 1 saturated heterocycles. The average Bonchev–Trinajstić information content (AvgIpc) is 3.26. The van der Waals surface area contributed by atoms with Crippen molar-refractivity contribution in [3.05, 3.63) is 74.9 Å². The molecule has 1 aliphatic rings. The van der Waals surface area contributed by atoms with E-state index in [1.165, 1.54) is 9.58 Å².